The average molecular weight is 381 g/mol. The zero-order valence-electron chi connectivity index (χ0n) is 13.4. The van der Waals surface area contributed by atoms with Crippen LogP contribution >= 0.6 is 23.8 Å². The summed E-state index contributed by atoms with van der Waals surface area (Å²) in [5, 5.41) is 19.4. The molecule has 0 fully saturated rings. The molecule has 2 aromatic carbocycles. The first-order chi connectivity index (χ1) is 12.7. The molecule has 0 aliphatic heterocycles. The second-order valence-corrected chi connectivity index (χ2v) is 6.26. The van der Waals surface area contributed by atoms with Crippen molar-refractivity contribution in [1.82, 2.24) is 25.1 Å². The number of benzene rings is 2. The van der Waals surface area contributed by atoms with Crippen LogP contribution in [0.15, 0.2) is 65.8 Å². The Morgan fingerprint density at radius 3 is 2.58 bits per heavy atom. The van der Waals surface area contributed by atoms with Crippen molar-refractivity contribution in [1.29, 1.82) is 0 Å². The summed E-state index contributed by atoms with van der Waals surface area (Å²) >= 11 is 11.5. The zero-order valence-corrected chi connectivity index (χ0v) is 15.0. The molecule has 0 atom stereocenters. The third-order valence-electron chi connectivity index (χ3n) is 3.76. The van der Waals surface area contributed by atoms with E-state index in [9.17, 15) is 0 Å². The lowest BCUT2D eigenvalue weighted by atomic mass is 10.1. The lowest BCUT2D eigenvalue weighted by molar-refractivity contribution is 0.865. The highest BCUT2D eigenvalue weighted by molar-refractivity contribution is 7.71. The van der Waals surface area contributed by atoms with Crippen LogP contribution in [0.1, 0.15) is 5.56 Å². The van der Waals surface area contributed by atoms with Crippen LogP contribution in [-0.2, 0) is 0 Å². The summed E-state index contributed by atoms with van der Waals surface area (Å²) in [5.74, 6) is 0.535. The molecule has 8 heteroatoms. The first-order valence-electron chi connectivity index (χ1n) is 7.80. The summed E-state index contributed by atoms with van der Waals surface area (Å²) in [4.78, 5) is 0. The molecule has 4 aromatic rings. The van der Waals surface area contributed by atoms with Crippen molar-refractivity contribution in [3.8, 4) is 22.8 Å². The van der Waals surface area contributed by atoms with Crippen molar-refractivity contribution in [3.05, 3.63) is 76.0 Å². The van der Waals surface area contributed by atoms with E-state index in [-0.39, 0.29) is 0 Å². The molecule has 0 bridgehead atoms. The van der Waals surface area contributed by atoms with Gasteiger partial charge in [-0.2, -0.15) is 20.0 Å². The van der Waals surface area contributed by atoms with E-state index in [2.05, 4.69) is 25.5 Å². The van der Waals surface area contributed by atoms with Crippen LogP contribution in [0.3, 0.4) is 0 Å². The van der Waals surface area contributed by atoms with Gasteiger partial charge >= 0.3 is 0 Å². The van der Waals surface area contributed by atoms with Crippen LogP contribution in [0.2, 0.25) is 5.02 Å². The molecule has 0 amide bonds. The summed E-state index contributed by atoms with van der Waals surface area (Å²) in [6.07, 6.45) is 1.64. The highest BCUT2D eigenvalue weighted by Gasteiger charge is 2.12. The molecule has 2 aromatic heterocycles. The maximum absolute atomic E-state index is 6.17. The van der Waals surface area contributed by atoms with E-state index in [1.807, 2.05) is 54.6 Å². The molecule has 128 valence electrons. The Morgan fingerprint density at radius 1 is 1.00 bits per heavy atom. The van der Waals surface area contributed by atoms with Gasteiger partial charge in [0.1, 0.15) is 5.69 Å². The lowest BCUT2D eigenvalue weighted by Crippen LogP contribution is -1.95. The van der Waals surface area contributed by atoms with E-state index in [1.54, 1.807) is 12.3 Å². The molecule has 4 rings (SSSR count). The van der Waals surface area contributed by atoms with Crippen molar-refractivity contribution in [3.63, 3.8) is 0 Å². The quantitative estimate of drug-likeness (QED) is 0.403. The van der Waals surface area contributed by atoms with Gasteiger partial charge in [-0.25, -0.2) is 5.10 Å². The fourth-order valence-corrected chi connectivity index (χ4v) is 2.83. The van der Waals surface area contributed by atoms with Crippen LogP contribution in [0.4, 0.5) is 0 Å². The minimum absolute atomic E-state index is 0.374. The SMILES string of the molecule is S=c1[nH]nc(-c2cc(-c3ccccc3)n[nH]2)n1/N=C/c1ccccc1Cl. The van der Waals surface area contributed by atoms with E-state index < -0.39 is 0 Å². The number of hydrogen-bond donors (Lipinski definition) is 2. The Labute approximate surface area is 159 Å². The molecule has 0 aliphatic carbocycles. The number of hydrogen-bond acceptors (Lipinski definition) is 4. The number of halogens is 1. The van der Waals surface area contributed by atoms with Crippen LogP contribution in [0.5, 0.6) is 0 Å². The number of nitrogens with zero attached hydrogens (tertiary/aromatic N) is 4. The summed E-state index contributed by atoms with van der Waals surface area (Å²) in [7, 11) is 0. The average Bonchev–Trinajstić information content (AvgIpc) is 3.29. The standard InChI is InChI=1S/C18H13ClN6S/c19-14-9-5-4-8-13(14)11-20-25-17(23-24-18(25)26)16-10-15(21-22-16)12-6-2-1-3-7-12/h1-11H,(H,21,22)(H,24,26)/b20-11+. The van der Waals surface area contributed by atoms with Crippen molar-refractivity contribution in [2.24, 2.45) is 5.10 Å². The van der Waals surface area contributed by atoms with Crippen molar-refractivity contribution in [2.75, 3.05) is 0 Å². The monoisotopic (exact) mass is 380 g/mol. The molecule has 26 heavy (non-hydrogen) atoms. The van der Waals surface area contributed by atoms with Gasteiger partial charge in [0.25, 0.3) is 0 Å². The Kier molecular flexibility index (Phi) is 4.47. The molecule has 0 unspecified atom stereocenters. The van der Waals surface area contributed by atoms with E-state index in [4.69, 9.17) is 23.8 Å². The van der Waals surface area contributed by atoms with Gasteiger partial charge < -0.3 is 0 Å². The van der Waals surface area contributed by atoms with Gasteiger partial charge in [0.05, 0.1) is 11.9 Å². The van der Waals surface area contributed by atoms with E-state index >= 15 is 0 Å². The highest BCUT2D eigenvalue weighted by atomic mass is 35.5. The number of nitrogens with one attached hydrogen (secondary N) is 2. The molecule has 2 heterocycles. The number of aromatic nitrogens is 5. The van der Waals surface area contributed by atoms with Gasteiger partial charge in [-0.1, -0.05) is 60.1 Å². The van der Waals surface area contributed by atoms with Gasteiger partial charge in [0.15, 0.2) is 0 Å². The normalized spacial score (nSPS) is 11.3. The Hall–Kier alpha value is -3.03. The zero-order chi connectivity index (χ0) is 17.9. The second-order valence-electron chi connectivity index (χ2n) is 5.46. The van der Waals surface area contributed by atoms with Crippen molar-refractivity contribution < 1.29 is 0 Å². The first-order valence-corrected chi connectivity index (χ1v) is 8.58. The number of rotatable bonds is 4. The summed E-state index contributed by atoms with van der Waals surface area (Å²) in [5.41, 5.74) is 3.32. The summed E-state index contributed by atoms with van der Waals surface area (Å²) < 4.78 is 1.90. The summed E-state index contributed by atoms with van der Waals surface area (Å²) in [6, 6.07) is 19.2. The van der Waals surface area contributed by atoms with Gasteiger partial charge in [-0.05, 0) is 24.4 Å². The second kappa shape index (κ2) is 7.07. The maximum atomic E-state index is 6.17. The minimum Gasteiger partial charge on any atom is -0.274 e. The van der Waals surface area contributed by atoms with Crippen LogP contribution in [-0.4, -0.2) is 31.3 Å². The van der Waals surface area contributed by atoms with Crippen molar-refractivity contribution in [2.45, 2.75) is 0 Å². The fourth-order valence-electron chi connectivity index (χ4n) is 2.47. The fraction of sp³-hybridized carbons (Fsp3) is 0. The minimum atomic E-state index is 0.374. The third-order valence-corrected chi connectivity index (χ3v) is 4.36. The molecule has 6 nitrogen and oxygen atoms in total. The molecule has 2 N–H and O–H groups in total. The molecule has 0 radical (unpaired) electrons. The molecule has 0 spiro atoms. The van der Waals surface area contributed by atoms with Gasteiger partial charge in [0.2, 0.25) is 10.6 Å². The van der Waals surface area contributed by atoms with E-state index in [0.717, 1.165) is 16.8 Å². The van der Waals surface area contributed by atoms with Gasteiger partial charge in [-0.3, -0.25) is 5.10 Å². The maximum Gasteiger partial charge on any atom is 0.216 e. The summed E-state index contributed by atoms with van der Waals surface area (Å²) in [6.45, 7) is 0. The van der Waals surface area contributed by atoms with E-state index in [0.29, 0.717) is 21.3 Å². The highest BCUT2D eigenvalue weighted by Crippen LogP contribution is 2.22. The smallest absolute Gasteiger partial charge is 0.216 e. The topological polar surface area (TPSA) is 74.7 Å². The first kappa shape index (κ1) is 16.4. The van der Waals surface area contributed by atoms with Gasteiger partial charge in [-0.15, -0.1) is 0 Å². The van der Waals surface area contributed by atoms with Gasteiger partial charge in [0, 0.05) is 16.1 Å². The Morgan fingerprint density at radius 2 is 1.77 bits per heavy atom. The Bertz CT molecular complexity index is 1130. The van der Waals surface area contributed by atoms with Crippen LogP contribution < -0.4 is 0 Å². The Balaban J connectivity index is 1.70. The molecule has 0 saturated heterocycles. The molecular formula is C18H13ClN6S. The predicted molar refractivity (Wildman–Crippen MR) is 105 cm³/mol. The predicted octanol–water partition coefficient (Wildman–Crippen LogP) is 4.53. The third kappa shape index (κ3) is 3.22. The van der Waals surface area contributed by atoms with Crippen molar-refractivity contribution >= 4 is 30.0 Å². The van der Waals surface area contributed by atoms with E-state index in [1.165, 1.54) is 4.68 Å². The molecule has 0 aliphatic rings. The number of H-pyrrole nitrogens is 2. The number of aromatic amines is 2. The van der Waals surface area contributed by atoms with Crippen LogP contribution in [0, 0.1) is 4.77 Å². The van der Waals surface area contributed by atoms with Crippen LogP contribution in [0.25, 0.3) is 22.8 Å². The lowest BCUT2D eigenvalue weighted by Gasteiger charge is -1.99. The largest absolute Gasteiger partial charge is 0.274 e. The molecule has 0 saturated carbocycles. The molecular weight excluding hydrogens is 368 g/mol.